The molecule has 0 bridgehead atoms. The molecule has 1 aliphatic heterocycles. The summed E-state index contributed by atoms with van der Waals surface area (Å²) in [5.41, 5.74) is 3.93. The molecule has 7 heteroatoms. The zero-order valence-electron chi connectivity index (χ0n) is 22.2. The Morgan fingerprint density at radius 1 is 0.825 bits per heavy atom. The Morgan fingerprint density at radius 3 is 2.12 bits per heavy atom. The van der Waals surface area contributed by atoms with E-state index >= 15 is 0 Å². The zero-order valence-corrected chi connectivity index (χ0v) is 22.2. The molecule has 40 heavy (non-hydrogen) atoms. The predicted octanol–water partition coefficient (Wildman–Crippen LogP) is 5.81. The third-order valence-corrected chi connectivity index (χ3v) is 6.91. The first-order valence-corrected chi connectivity index (χ1v) is 13.3. The molecule has 4 aromatic carbocycles. The van der Waals surface area contributed by atoms with Crippen LogP contribution in [0, 0.1) is 0 Å². The fourth-order valence-electron chi connectivity index (χ4n) is 4.89. The average Bonchev–Trinajstić information content (AvgIpc) is 3.30. The van der Waals surface area contributed by atoms with Gasteiger partial charge in [-0.2, -0.15) is 0 Å². The molecule has 3 atom stereocenters. The molecule has 3 amide bonds. The summed E-state index contributed by atoms with van der Waals surface area (Å²) < 4.78 is 5.82. The van der Waals surface area contributed by atoms with Gasteiger partial charge in [0.25, 0.3) is 0 Å². The first kappa shape index (κ1) is 26.7. The molecule has 1 aliphatic rings. The van der Waals surface area contributed by atoms with Crippen LogP contribution in [0.1, 0.15) is 41.3 Å². The van der Waals surface area contributed by atoms with Gasteiger partial charge in [0.05, 0.1) is 19.0 Å². The lowest BCUT2D eigenvalue weighted by molar-refractivity contribution is -0.127. The van der Waals surface area contributed by atoms with Crippen molar-refractivity contribution in [3.05, 3.63) is 138 Å². The standard InChI is InChI=1S/C33H31N3O4/c1-23(26-16-9-4-10-17-26)34-32(38)30-31(40-33(39)36(30)22-25-14-7-3-8-15-25)27-18-11-19-28(21-27)35-29(37)20-24-12-5-2-6-13-24/h2-19,21,23,30-31H,20,22H2,1H3,(H,34,38)(H,35,37). The maximum Gasteiger partial charge on any atom is 0.411 e. The van der Waals surface area contributed by atoms with Crippen LogP contribution < -0.4 is 10.6 Å². The number of carbonyl (C=O) groups is 3. The average molecular weight is 534 g/mol. The first-order chi connectivity index (χ1) is 19.5. The van der Waals surface area contributed by atoms with Gasteiger partial charge in [0, 0.05) is 5.69 Å². The fourth-order valence-corrected chi connectivity index (χ4v) is 4.89. The van der Waals surface area contributed by atoms with Crippen LogP contribution >= 0.6 is 0 Å². The highest BCUT2D eigenvalue weighted by molar-refractivity contribution is 5.92. The molecule has 7 nitrogen and oxygen atoms in total. The summed E-state index contributed by atoms with van der Waals surface area (Å²) in [6.07, 6.45) is -1.19. The SMILES string of the molecule is CC(NC(=O)C1C(c2cccc(NC(=O)Cc3ccccc3)c2)OC(=O)N1Cc1ccccc1)c1ccccc1. The second-order valence-electron chi connectivity index (χ2n) is 9.84. The minimum Gasteiger partial charge on any atom is -0.438 e. The van der Waals surface area contributed by atoms with Gasteiger partial charge in [-0.1, -0.05) is 103 Å². The largest absolute Gasteiger partial charge is 0.438 e. The molecule has 0 aromatic heterocycles. The summed E-state index contributed by atoms with van der Waals surface area (Å²) in [5, 5.41) is 5.99. The van der Waals surface area contributed by atoms with E-state index in [0.717, 1.165) is 16.7 Å². The van der Waals surface area contributed by atoms with Crippen molar-refractivity contribution in [2.45, 2.75) is 38.1 Å². The Bertz CT molecular complexity index is 1460. The molecule has 0 spiro atoms. The number of hydrogen-bond acceptors (Lipinski definition) is 4. The maximum absolute atomic E-state index is 13.8. The maximum atomic E-state index is 13.8. The molecule has 3 unspecified atom stereocenters. The molecule has 2 N–H and O–H groups in total. The highest BCUT2D eigenvalue weighted by atomic mass is 16.6. The lowest BCUT2D eigenvalue weighted by Crippen LogP contribution is -2.46. The van der Waals surface area contributed by atoms with Crippen LogP contribution in [0.25, 0.3) is 0 Å². The summed E-state index contributed by atoms with van der Waals surface area (Å²) in [7, 11) is 0. The summed E-state index contributed by atoms with van der Waals surface area (Å²) in [6, 6.07) is 34.6. The molecule has 0 radical (unpaired) electrons. The lowest BCUT2D eigenvalue weighted by atomic mass is 9.99. The quantitative estimate of drug-likeness (QED) is 0.284. The Morgan fingerprint density at radius 2 is 1.45 bits per heavy atom. The van der Waals surface area contributed by atoms with Crippen molar-refractivity contribution in [1.29, 1.82) is 0 Å². The van der Waals surface area contributed by atoms with Crippen molar-refractivity contribution in [1.82, 2.24) is 10.2 Å². The van der Waals surface area contributed by atoms with Crippen LogP contribution in [0.15, 0.2) is 115 Å². The van der Waals surface area contributed by atoms with Crippen molar-refractivity contribution >= 4 is 23.6 Å². The van der Waals surface area contributed by atoms with Gasteiger partial charge in [-0.25, -0.2) is 4.79 Å². The van der Waals surface area contributed by atoms with E-state index in [9.17, 15) is 14.4 Å². The number of ether oxygens (including phenoxy) is 1. The Hall–Kier alpha value is -4.91. The van der Waals surface area contributed by atoms with Crippen LogP contribution in [0.3, 0.4) is 0 Å². The summed E-state index contributed by atoms with van der Waals surface area (Å²) in [6.45, 7) is 2.13. The van der Waals surface area contributed by atoms with Crippen molar-refractivity contribution in [2.75, 3.05) is 5.32 Å². The van der Waals surface area contributed by atoms with E-state index in [4.69, 9.17) is 4.74 Å². The number of nitrogens with zero attached hydrogens (tertiary/aromatic N) is 1. The normalized spacial score (nSPS) is 17.1. The molecule has 1 fully saturated rings. The molecular weight excluding hydrogens is 502 g/mol. The smallest absolute Gasteiger partial charge is 0.411 e. The Balaban J connectivity index is 1.39. The molecule has 5 rings (SSSR count). The van der Waals surface area contributed by atoms with Crippen molar-refractivity contribution in [3.63, 3.8) is 0 Å². The monoisotopic (exact) mass is 533 g/mol. The van der Waals surface area contributed by atoms with Crippen LogP contribution in [0.4, 0.5) is 10.5 Å². The van der Waals surface area contributed by atoms with Gasteiger partial charge in [0.15, 0.2) is 12.1 Å². The first-order valence-electron chi connectivity index (χ1n) is 13.3. The molecule has 1 heterocycles. The number of carbonyl (C=O) groups excluding carboxylic acids is 3. The van der Waals surface area contributed by atoms with Gasteiger partial charge < -0.3 is 15.4 Å². The van der Waals surface area contributed by atoms with E-state index in [1.54, 1.807) is 24.3 Å². The molecule has 0 saturated carbocycles. The number of amides is 3. The lowest BCUT2D eigenvalue weighted by Gasteiger charge is -2.26. The van der Waals surface area contributed by atoms with Gasteiger partial charge in [0.2, 0.25) is 11.8 Å². The van der Waals surface area contributed by atoms with Gasteiger partial charge in [0.1, 0.15) is 0 Å². The third-order valence-electron chi connectivity index (χ3n) is 6.91. The molecule has 0 aliphatic carbocycles. The number of benzene rings is 4. The van der Waals surface area contributed by atoms with E-state index in [2.05, 4.69) is 10.6 Å². The van der Waals surface area contributed by atoms with Gasteiger partial charge in [-0.05, 0) is 41.3 Å². The van der Waals surface area contributed by atoms with Crippen molar-refractivity contribution in [2.24, 2.45) is 0 Å². The molecular formula is C33H31N3O4. The van der Waals surface area contributed by atoms with E-state index < -0.39 is 18.2 Å². The van der Waals surface area contributed by atoms with Crippen LogP contribution in [-0.2, 0) is 27.3 Å². The summed E-state index contributed by atoms with van der Waals surface area (Å²) >= 11 is 0. The number of nitrogens with one attached hydrogen (secondary N) is 2. The Kier molecular flexibility index (Phi) is 8.21. The number of rotatable bonds is 9. The van der Waals surface area contributed by atoms with E-state index in [1.807, 2.05) is 97.9 Å². The molecule has 4 aromatic rings. The molecule has 202 valence electrons. The van der Waals surface area contributed by atoms with Gasteiger partial charge in [-0.3, -0.25) is 14.5 Å². The third kappa shape index (κ3) is 6.38. The minimum absolute atomic E-state index is 0.163. The van der Waals surface area contributed by atoms with Gasteiger partial charge >= 0.3 is 6.09 Å². The predicted molar refractivity (Wildman–Crippen MR) is 153 cm³/mol. The number of anilines is 1. The van der Waals surface area contributed by atoms with Crippen LogP contribution in [0.2, 0.25) is 0 Å². The zero-order chi connectivity index (χ0) is 27.9. The van der Waals surface area contributed by atoms with Gasteiger partial charge in [-0.15, -0.1) is 0 Å². The van der Waals surface area contributed by atoms with Crippen molar-refractivity contribution < 1.29 is 19.1 Å². The van der Waals surface area contributed by atoms with E-state index in [-0.39, 0.29) is 30.8 Å². The van der Waals surface area contributed by atoms with Crippen molar-refractivity contribution in [3.8, 4) is 0 Å². The molecule has 1 saturated heterocycles. The second-order valence-corrected chi connectivity index (χ2v) is 9.84. The fraction of sp³-hybridized carbons (Fsp3) is 0.182. The summed E-state index contributed by atoms with van der Waals surface area (Å²) in [5.74, 6) is -0.481. The van der Waals surface area contributed by atoms with Crippen LogP contribution in [0.5, 0.6) is 0 Å². The minimum atomic E-state index is -0.908. The van der Waals surface area contributed by atoms with E-state index in [1.165, 1.54) is 4.90 Å². The van der Waals surface area contributed by atoms with E-state index in [0.29, 0.717) is 11.3 Å². The highest BCUT2D eigenvalue weighted by Crippen LogP contribution is 2.35. The van der Waals surface area contributed by atoms with Crippen LogP contribution in [-0.4, -0.2) is 28.8 Å². The summed E-state index contributed by atoms with van der Waals surface area (Å²) in [4.78, 5) is 41.1. The number of cyclic esters (lactones) is 1. The highest BCUT2D eigenvalue weighted by Gasteiger charge is 2.47. The second kappa shape index (κ2) is 12.3. The topological polar surface area (TPSA) is 87.7 Å². The Labute approximate surface area is 233 Å². The number of hydrogen-bond donors (Lipinski definition) is 2.